The Morgan fingerprint density at radius 1 is 1.42 bits per heavy atom. The van der Waals surface area contributed by atoms with Crippen molar-refractivity contribution < 1.29 is 22.7 Å². The van der Waals surface area contributed by atoms with Gasteiger partial charge in [-0.25, -0.2) is 0 Å². The number of rotatable bonds is 5. The van der Waals surface area contributed by atoms with Gasteiger partial charge in [-0.2, -0.15) is 13.2 Å². The van der Waals surface area contributed by atoms with E-state index in [1.54, 1.807) is 18.2 Å². The number of alkyl halides is 3. The van der Waals surface area contributed by atoms with Gasteiger partial charge in [0.2, 0.25) is 5.91 Å². The summed E-state index contributed by atoms with van der Waals surface area (Å²) in [7, 11) is 0. The van der Waals surface area contributed by atoms with Crippen LogP contribution in [-0.2, 0) is 9.53 Å². The summed E-state index contributed by atoms with van der Waals surface area (Å²) in [6.07, 6.45) is -4.52. The number of hydrogen-bond acceptors (Lipinski definition) is 2. The van der Waals surface area contributed by atoms with Crippen LogP contribution in [0.5, 0.6) is 0 Å². The number of nitrogens with one attached hydrogen (secondary N) is 1. The van der Waals surface area contributed by atoms with Crippen LogP contribution in [0.15, 0.2) is 18.2 Å². The van der Waals surface area contributed by atoms with Crippen molar-refractivity contribution in [2.75, 3.05) is 18.5 Å². The van der Waals surface area contributed by atoms with E-state index in [0.717, 1.165) is 3.57 Å². The summed E-state index contributed by atoms with van der Waals surface area (Å²) in [6.45, 7) is -1.63. The fourth-order valence-corrected chi connectivity index (χ4v) is 2.16. The Hall–Kier alpha value is -0.540. The second-order valence-corrected chi connectivity index (χ2v) is 5.19. The summed E-state index contributed by atoms with van der Waals surface area (Å²) < 4.78 is 40.4. The van der Waals surface area contributed by atoms with Crippen molar-refractivity contribution in [3.63, 3.8) is 0 Å². The van der Waals surface area contributed by atoms with E-state index in [1.165, 1.54) is 0 Å². The second-order valence-electron chi connectivity index (χ2n) is 3.59. The molecule has 1 amide bonds. The van der Waals surface area contributed by atoms with Gasteiger partial charge in [0.05, 0.1) is 18.7 Å². The molecule has 0 saturated carbocycles. The van der Waals surface area contributed by atoms with Crippen molar-refractivity contribution in [2.24, 2.45) is 0 Å². The van der Waals surface area contributed by atoms with Crippen LogP contribution in [0.1, 0.15) is 6.42 Å². The number of hydrogen-bond donors (Lipinski definition) is 1. The van der Waals surface area contributed by atoms with Crippen LogP contribution in [-0.4, -0.2) is 25.3 Å². The normalized spacial score (nSPS) is 11.4. The summed E-state index contributed by atoms with van der Waals surface area (Å²) >= 11 is 7.75. The molecule has 0 bridgehead atoms. The molecule has 0 unspecified atom stereocenters. The van der Waals surface area contributed by atoms with Gasteiger partial charge in [-0.05, 0) is 40.8 Å². The molecule has 1 N–H and O–H groups in total. The highest BCUT2D eigenvalue weighted by molar-refractivity contribution is 14.1. The highest BCUT2D eigenvalue weighted by atomic mass is 127. The molecule has 3 nitrogen and oxygen atoms in total. The van der Waals surface area contributed by atoms with Crippen molar-refractivity contribution in [1.29, 1.82) is 0 Å². The molecule has 0 fully saturated rings. The van der Waals surface area contributed by atoms with Crippen molar-refractivity contribution in [2.45, 2.75) is 12.6 Å². The van der Waals surface area contributed by atoms with E-state index in [1.807, 2.05) is 22.6 Å². The standard InChI is InChI=1S/C11H10ClF3INO2/c12-7-1-2-9(8(16)5-7)17-10(18)3-4-19-6-11(13,14)15/h1-2,5H,3-4,6H2,(H,17,18). The van der Waals surface area contributed by atoms with Gasteiger partial charge in [0.15, 0.2) is 0 Å². The predicted molar refractivity (Wildman–Crippen MR) is 74.3 cm³/mol. The molecule has 8 heteroatoms. The van der Waals surface area contributed by atoms with E-state index in [-0.39, 0.29) is 13.0 Å². The maximum Gasteiger partial charge on any atom is 0.411 e. The molecule has 0 heterocycles. The molecule has 106 valence electrons. The minimum atomic E-state index is -4.37. The minimum Gasteiger partial charge on any atom is -0.372 e. The average Bonchev–Trinajstić information content (AvgIpc) is 2.27. The number of ether oxygens (including phenoxy) is 1. The SMILES string of the molecule is O=C(CCOCC(F)(F)F)Nc1ccc(Cl)cc1I. The van der Waals surface area contributed by atoms with Gasteiger partial charge in [-0.1, -0.05) is 11.6 Å². The number of carbonyl (C=O) groups is 1. The maximum atomic E-state index is 11.8. The van der Waals surface area contributed by atoms with Crippen LogP contribution >= 0.6 is 34.2 Å². The topological polar surface area (TPSA) is 38.3 Å². The first kappa shape index (κ1) is 16.5. The molecular formula is C11H10ClF3INO2. The molecule has 19 heavy (non-hydrogen) atoms. The van der Waals surface area contributed by atoms with Crippen molar-refractivity contribution in [3.05, 3.63) is 26.8 Å². The third-order valence-corrected chi connectivity index (χ3v) is 3.07. The lowest BCUT2D eigenvalue weighted by Gasteiger charge is -2.09. The molecule has 0 spiro atoms. The van der Waals surface area contributed by atoms with Gasteiger partial charge < -0.3 is 10.1 Å². The Kier molecular flexibility index (Phi) is 6.34. The Bertz CT molecular complexity index is 454. The van der Waals surface area contributed by atoms with Gasteiger partial charge in [-0.3, -0.25) is 4.79 Å². The van der Waals surface area contributed by atoms with Crippen LogP contribution in [0.2, 0.25) is 5.02 Å². The number of anilines is 1. The Balaban J connectivity index is 2.35. The third kappa shape index (κ3) is 6.98. The van der Waals surface area contributed by atoms with E-state index in [4.69, 9.17) is 11.6 Å². The molecule has 0 radical (unpaired) electrons. The number of amides is 1. The van der Waals surface area contributed by atoms with Crippen LogP contribution in [0.4, 0.5) is 18.9 Å². The largest absolute Gasteiger partial charge is 0.411 e. The molecule has 0 aliphatic carbocycles. The van der Waals surface area contributed by atoms with Gasteiger partial charge in [-0.15, -0.1) is 0 Å². The highest BCUT2D eigenvalue weighted by Gasteiger charge is 2.27. The summed E-state index contributed by atoms with van der Waals surface area (Å²) in [6, 6.07) is 4.90. The molecule has 1 rings (SSSR count). The van der Waals surface area contributed by atoms with Gasteiger partial charge in [0, 0.05) is 8.59 Å². The smallest absolute Gasteiger partial charge is 0.372 e. The van der Waals surface area contributed by atoms with Gasteiger partial charge in [0.25, 0.3) is 0 Å². The lowest BCUT2D eigenvalue weighted by molar-refractivity contribution is -0.174. The minimum absolute atomic E-state index is 0.144. The summed E-state index contributed by atoms with van der Waals surface area (Å²) in [5, 5.41) is 3.11. The Morgan fingerprint density at radius 3 is 2.68 bits per heavy atom. The van der Waals surface area contributed by atoms with Crippen molar-refractivity contribution in [3.8, 4) is 0 Å². The molecular weight excluding hydrogens is 397 g/mol. The van der Waals surface area contributed by atoms with Gasteiger partial charge >= 0.3 is 6.18 Å². The first-order valence-corrected chi connectivity index (χ1v) is 6.63. The van der Waals surface area contributed by atoms with Crippen molar-refractivity contribution >= 4 is 45.8 Å². The zero-order valence-corrected chi connectivity index (χ0v) is 12.5. The van der Waals surface area contributed by atoms with E-state index in [9.17, 15) is 18.0 Å². The Morgan fingerprint density at radius 2 is 2.11 bits per heavy atom. The van der Waals surface area contributed by atoms with Crippen LogP contribution in [0, 0.1) is 3.57 Å². The quantitative estimate of drug-likeness (QED) is 0.595. The van der Waals surface area contributed by atoms with E-state index in [2.05, 4.69) is 10.1 Å². The lowest BCUT2D eigenvalue weighted by Crippen LogP contribution is -2.20. The monoisotopic (exact) mass is 407 g/mol. The molecule has 1 aromatic rings. The van der Waals surface area contributed by atoms with Crippen LogP contribution in [0.25, 0.3) is 0 Å². The van der Waals surface area contributed by atoms with Crippen LogP contribution < -0.4 is 5.32 Å². The number of benzene rings is 1. The maximum absolute atomic E-state index is 11.8. The highest BCUT2D eigenvalue weighted by Crippen LogP contribution is 2.22. The fourth-order valence-electron chi connectivity index (χ4n) is 1.16. The van der Waals surface area contributed by atoms with E-state index < -0.39 is 18.7 Å². The predicted octanol–water partition coefficient (Wildman–Crippen LogP) is 3.85. The third-order valence-electron chi connectivity index (χ3n) is 1.94. The zero-order chi connectivity index (χ0) is 14.5. The number of carbonyl (C=O) groups excluding carboxylic acids is 1. The first-order chi connectivity index (χ1) is 8.78. The van der Waals surface area contributed by atoms with Gasteiger partial charge in [0.1, 0.15) is 6.61 Å². The van der Waals surface area contributed by atoms with E-state index >= 15 is 0 Å². The molecule has 0 aliphatic rings. The zero-order valence-electron chi connectivity index (χ0n) is 9.56. The summed E-state index contributed by atoms with van der Waals surface area (Å²) in [4.78, 5) is 11.5. The van der Waals surface area contributed by atoms with Crippen LogP contribution in [0.3, 0.4) is 0 Å². The van der Waals surface area contributed by atoms with E-state index in [0.29, 0.717) is 10.7 Å². The first-order valence-electron chi connectivity index (χ1n) is 5.17. The summed E-state index contributed by atoms with van der Waals surface area (Å²) in [5.41, 5.74) is 0.561. The number of halogens is 5. The average molecular weight is 408 g/mol. The fraction of sp³-hybridized carbons (Fsp3) is 0.364. The lowest BCUT2D eigenvalue weighted by atomic mass is 10.3. The summed E-state index contributed by atoms with van der Waals surface area (Å²) in [5.74, 6) is -0.414. The molecule has 1 aromatic carbocycles. The molecule has 0 saturated heterocycles. The Labute approximate surface area is 126 Å². The molecule has 0 aliphatic heterocycles. The van der Waals surface area contributed by atoms with Crippen molar-refractivity contribution in [1.82, 2.24) is 0 Å². The molecule has 0 atom stereocenters. The molecule has 0 aromatic heterocycles. The second kappa shape index (κ2) is 7.30.